The normalized spacial score (nSPS) is 12.6. The largest absolute Gasteiger partial charge is 0.497 e. The average molecular weight is 530 g/mol. The fourth-order valence-electron chi connectivity index (χ4n) is 3.82. The van der Waals surface area contributed by atoms with Crippen molar-refractivity contribution in [2.75, 3.05) is 48.4 Å². The van der Waals surface area contributed by atoms with E-state index in [9.17, 15) is 14.7 Å². The van der Waals surface area contributed by atoms with Crippen LogP contribution in [0.25, 0.3) is 10.9 Å². The Bertz CT molecular complexity index is 1140. The third kappa shape index (κ3) is 6.34. The summed E-state index contributed by atoms with van der Waals surface area (Å²) >= 11 is 0. The molecule has 0 aliphatic carbocycles. The fourth-order valence-corrected chi connectivity index (χ4v) is 3.82. The zero-order valence-electron chi connectivity index (χ0n) is 18.7. The lowest BCUT2D eigenvalue weighted by Crippen LogP contribution is -2.46. The summed E-state index contributed by atoms with van der Waals surface area (Å²) in [6.07, 6.45) is 0. The molecule has 0 unspecified atom stereocenters. The molecule has 0 bridgehead atoms. The highest BCUT2D eigenvalue weighted by Crippen LogP contribution is 2.28. The monoisotopic (exact) mass is 528 g/mol. The van der Waals surface area contributed by atoms with Gasteiger partial charge < -0.3 is 25.0 Å². The van der Waals surface area contributed by atoms with E-state index >= 15 is 0 Å². The number of carboxylic acids is 1. The number of nitrogens with one attached hydrogen (secondary N) is 1. The summed E-state index contributed by atoms with van der Waals surface area (Å²) in [5.41, 5.74) is 2.43. The topological polar surface area (TPSA) is 95.0 Å². The molecule has 1 saturated heterocycles. The van der Waals surface area contributed by atoms with Gasteiger partial charge in [-0.1, -0.05) is 0 Å². The van der Waals surface area contributed by atoms with Crippen LogP contribution in [0.2, 0.25) is 0 Å². The molecule has 2 aromatic carbocycles. The molecule has 0 spiro atoms. The number of amides is 1. The lowest BCUT2D eigenvalue weighted by molar-refractivity contribution is -0.114. The molecule has 2 N–H and O–H groups in total. The van der Waals surface area contributed by atoms with Crippen molar-refractivity contribution in [3.05, 3.63) is 54.1 Å². The molecule has 3 aromatic rings. The number of hydrogen-bond acceptors (Lipinski definition) is 6. The molecule has 1 fully saturated rings. The van der Waals surface area contributed by atoms with E-state index in [1.165, 1.54) is 6.92 Å². The number of halogens is 3. The lowest BCUT2D eigenvalue weighted by atomic mass is 10.1. The second-order valence-corrected chi connectivity index (χ2v) is 7.42. The van der Waals surface area contributed by atoms with E-state index in [2.05, 4.69) is 15.1 Å². The second kappa shape index (κ2) is 12.5. The summed E-state index contributed by atoms with van der Waals surface area (Å²) in [6.45, 7) is 4.47. The number of aromatic carboxylic acids is 1. The number of carboxylic acid groups (broad SMARTS) is 1. The molecule has 8 nitrogen and oxygen atoms in total. The van der Waals surface area contributed by atoms with Gasteiger partial charge in [0, 0.05) is 49.9 Å². The van der Waals surface area contributed by atoms with E-state index in [1.54, 1.807) is 31.4 Å². The van der Waals surface area contributed by atoms with Crippen molar-refractivity contribution in [3.63, 3.8) is 0 Å². The highest BCUT2D eigenvalue weighted by atomic mass is 35.5. The summed E-state index contributed by atoms with van der Waals surface area (Å²) in [5, 5.41) is 12.9. The van der Waals surface area contributed by atoms with Crippen LogP contribution in [0.5, 0.6) is 5.75 Å². The Labute approximate surface area is 216 Å². The van der Waals surface area contributed by atoms with Crippen LogP contribution in [-0.2, 0) is 4.79 Å². The first-order chi connectivity index (χ1) is 14.9. The maximum atomic E-state index is 11.9. The molecule has 1 aromatic heterocycles. The van der Waals surface area contributed by atoms with Gasteiger partial charge in [-0.25, -0.2) is 9.78 Å². The van der Waals surface area contributed by atoms with Gasteiger partial charge in [-0.05, 0) is 48.5 Å². The highest BCUT2D eigenvalue weighted by Gasteiger charge is 2.21. The number of fused-ring (bicyclic) bond motifs is 1. The van der Waals surface area contributed by atoms with Crippen LogP contribution >= 0.6 is 37.2 Å². The van der Waals surface area contributed by atoms with Crippen molar-refractivity contribution in [3.8, 4) is 5.75 Å². The van der Waals surface area contributed by atoms with Gasteiger partial charge in [0.15, 0.2) is 0 Å². The number of carbonyl (C=O) groups is 2. The van der Waals surface area contributed by atoms with Gasteiger partial charge in [0.2, 0.25) is 5.91 Å². The van der Waals surface area contributed by atoms with Crippen molar-refractivity contribution < 1.29 is 19.4 Å². The first kappa shape index (κ1) is 29.1. The summed E-state index contributed by atoms with van der Waals surface area (Å²) in [6, 6.07) is 14.7. The first-order valence-corrected chi connectivity index (χ1v) is 10.0. The summed E-state index contributed by atoms with van der Waals surface area (Å²) in [7, 11) is 1.65. The van der Waals surface area contributed by atoms with Crippen molar-refractivity contribution in [2.45, 2.75) is 6.92 Å². The molecular formula is C23H27Cl3N4O4. The van der Waals surface area contributed by atoms with Crippen molar-refractivity contribution in [2.24, 2.45) is 0 Å². The number of anilines is 3. The number of benzene rings is 2. The standard InChI is InChI=1S/C23H24N4O4.3ClH/c1-15(28)24-16-3-8-21-19(13-16)20(23(29)30)14-22(25-21)27-11-9-26(10-12-27)17-4-6-18(31-2)7-5-17;;;/h3-8,13-14H,9-12H2,1-2H3,(H,24,28)(H,29,30);3*1H. The molecule has 0 radical (unpaired) electrons. The van der Waals surface area contributed by atoms with Gasteiger partial charge in [-0.3, -0.25) is 4.79 Å². The number of rotatable bonds is 5. The number of nitrogens with zero attached hydrogens (tertiary/aromatic N) is 3. The molecule has 1 aliphatic heterocycles. The van der Waals surface area contributed by atoms with Crippen LogP contribution in [0.1, 0.15) is 17.3 Å². The van der Waals surface area contributed by atoms with E-state index < -0.39 is 5.97 Å². The second-order valence-electron chi connectivity index (χ2n) is 7.42. The molecule has 34 heavy (non-hydrogen) atoms. The Morgan fingerprint density at radius 3 is 2.12 bits per heavy atom. The average Bonchev–Trinajstić information content (AvgIpc) is 2.78. The number of pyridine rings is 1. The number of methoxy groups -OCH3 is 1. The number of piperazine rings is 1. The minimum absolute atomic E-state index is 0. The molecule has 1 amide bonds. The number of hydrogen-bond donors (Lipinski definition) is 2. The van der Waals surface area contributed by atoms with Gasteiger partial charge >= 0.3 is 5.97 Å². The molecule has 11 heteroatoms. The van der Waals surface area contributed by atoms with Crippen LogP contribution in [0.4, 0.5) is 17.2 Å². The predicted octanol–water partition coefficient (Wildman–Crippen LogP) is 4.49. The third-order valence-corrected chi connectivity index (χ3v) is 5.39. The van der Waals surface area contributed by atoms with E-state index in [0.29, 0.717) is 22.4 Å². The molecule has 0 saturated carbocycles. The molecule has 4 rings (SSSR count). The molecule has 2 heterocycles. The summed E-state index contributed by atoms with van der Waals surface area (Å²) in [5.74, 6) is 0.234. The maximum Gasteiger partial charge on any atom is 0.336 e. The van der Waals surface area contributed by atoms with Gasteiger partial charge in [0.25, 0.3) is 0 Å². The van der Waals surface area contributed by atoms with E-state index in [4.69, 9.17) is 9.72 Å². The SMILES string of the molecule is COc1ccc(N2CCN(c3cc(C(=O)O)c4cc(NC(C)=O)ccc4n3)CC2)cc1.Cl.Cl.Cl. The van der Waals surface area contributed by atoms with E-state index in [-0.39, 0.29) is 48.7 Å². The smallest absolute Gasteiger partial charge is 0.336 e. The molecule has 0 atom stereocenters. The molecule has 184 valence electrons. The van der Waals surface area contributed by atoms with Gasteiger partial charge in [-0.15, -0.1) is 37.2 Å². The number of carbonyl (C=O) groups excluding carboxylic acids is 1. The van der Waals surface area contributed by atoms with Crippen LogP contribution in [0.3, 0.4) is 0 Å². The van der Waals surface area contributed by atoms with Crippen LogP contribution in [-0.4, -0.2) is 55.3 Å². The van der Waals surface area contributed by atoms with Crippen molar-refractivity contribution in [1.29, 1.82) is 0 Å². The Balaban J connectivity index is 0.00000193. The van der Waals surface area contributed by atoms with Crippen LogP contribution < -0.4 is 19.9 Å². The zero-order valence-corrected chi connectivity index (χ0v) is 21.1. The van der Waals surface area contributed by atoms with Gasteiger partial charge in [-0.2, -0.15) is 0 Å². The maximum absolute atomic E-state index is 11.9. The van der Waals surface area contributed by atoms with Crippen molar-refractivity contribution in [1.82, 2.24) is 4.98 Å². The van der Waals surface area contributed by atoms with Crippen LogP contribution in [0, 0.1) is 0 Å². The first-order valence-electron chi connectivity index (χ1n) is 10.0. The Morgan fingerprint density at radius 2 is 1.56 bits per heavy atom. The quantitative estimate of drug-likeness (QED) is 0.503. The number of ether oxygens (including phenoxy) is 1. The van der Waals surface area contributed by atoms with Crippen molar-refractivity contribution >= 4 is 77.2 Å². The lowest BCUT2D eigenvalue weighted by Gasteiger charge is -2.37. The fraction of sp³-hybridized carbons (Fsp3) is 0.261. The molecule has 1 aliphatic rings. The third-order valence-electron chi connectivity index (χ3n) is 5.39. The van der Waals surface area contributed by atoms with Crippen LogP contribution in [0.15, 0.2) is 48.5 Å². The minimum atomic E-state index is -1.02. The summed E-state index contributed by atoms with van der Waals surface area (Å²) in [4.78, 5) is 32.3. The summed E-state index contributed by atoms with van der Waals surface area (Å²) < 4.78 is 5.22. The Morgan fingerprint density at radius 1 is 0.941 bits per heavy atom. The molecular weight excluding hydrogens is 503 g/mol. The van der Waals surface area contributed by atoms with Gasteiger partial charge in [0.1, 0.15) is 11.6 Å². The minimum Gasteiger partial charge on any atom is -0.497 e. The van der Waals surface area contributed by atoms with Gasteiger partial charge in [0.05, 0.1) is 18.2 Å². The Hall–Kier alpha value is -2.94. The zero-order chi connectivity index (χ0) is 22.0. The Kier molecular flexibility index (Phi) is 10.7. The highest BCUT2D eigenvalue weighted by molar-refractivity contribution is 6.05. The predicted molar refractivity (Wildman–Crippen MR) is 142 cm³/mol. The number of aromatic nitrogens is 1. The van der Waals surface area contributed by atoms with E-state index in [1.807, 2.05) is 24.3 Å². The van der Waals surface area contributed by atoms with E-state index in [0.717, 1.165) is 37.6 Å².